The van der Waals surface area contributed by atoms with Crippen molar-refractivity contribution in [2.24, 2.45) is 0 Å². The first-order valence-corrected chi connectivity index (χ1v) is 35.8. The third kappa shape index (κ3) is 9.93. The molecule has 2 aliphatic heterocycles. The van der Waals surface area contributed by atoms with Crippen molar-refractivity contribution in [3.8, 4) is 67.6 Å². The summed E-state index contributed by atoms with van der Waals surface area (Å²) in [5, 5.41) is 15.5. The average Bonchev–Trinajstić information content (AvgIpc) is 1.68. The first kappa shape index (κ1) is 50.3. The molecule has 0 fully saturated rings. The summed E-state index contributed by atoms with van der Waals surface area (Å²) in [6, 6.07) is 82.5. The highest BCUT2D eigenvalue weighted by Gasteiger charge is 2.45. The Bertz CT molecular complexity index is 7290. The number of fused-ring (bicyclic) bond motifs is 13. The molecule has 0 amide bonds. The second kappa shape index (κ2) is 24.0. The van der Waals surface area contributed by atoms with E-state index in [2.05, 4.69) is 200 Å². The molecule has 0 unspecified atom stereocenters. The molecule has 15 aromatic carbocycles. The first-order chi connectivity index (χ1) is 57.2. The first-order valence-electron chi connectivity index (χ1n) is 42.3. The van der Waals surface area contributed by atoms with Gasteiger partial charge in [-0.3, -0.25) is 0 Å². The van der Waals surface area contributed by atoms with Gasteiger partial charge in [0.1, 0.15) is 6.07 Å². The standard InChI is InChI=1S/C99H73BN6/c1-98(2,3)72-42-49-89-82(56-72)83-57-73(99(4,5)6)43-50-90(83)102(89)75-45-48-85-94(59-75)105(76-52-70(65-29-15-9-16-30-65)51-71(53-76)66-31-17-10-18-32-66)96-61-77(104-86-36-22-19-33-78(86)79-34-20-23-37-87(79)104)60-95-97(96)100(85)84-47-41-68(64-27-13-8-14-28-64)55-93(84)103(95)74-44-39-69(62-101)91(58-74)106-88-38-24-21-35-80(88)81-46-40-67(54-92(81)106)63-25-11-7-12-26-63/h7-61H,1-6H3/i8D,13D,14D,19D,20D,22D,23D,27D,28D,33D,34D,36D,37D. The highest BCUT2D eigenvalue weighted by atomic mass is 15.2. The van der Waals surface area contributed by atoms with E-state index in [9.17, 15) is 19.0 Å². The molecule has 0 saturated carbocycles. The van der Waals surface area contributed by atoms with Crippen LogP contribution < -0.4 is 26.2 Å². The molecular formula is C99H73BN6. The molecule has 0 N–H and O–H groups in total. The fraction of sp³-hybridized carbons (Fsp3) is 0.0808. The van der Waals surface area contributed by atoms with Crippen LogP contribution in [0.3, 0.4) is 0 Å². The molecule has 20 rings (SSSR count). The minimum Gasteiger partial charge on any atom is -0.311 e. The third-order valence-corrected chi connectivity index (χ3v) is 21.6. The van der Waals surface area contributed by atoms with Crippen LogP contribution in [0.2, 0.25) is 0 Å². The molecule has 0 atom stereocenters. The fourth-order valence-corrected chi connectivity index (χ4v) is 16.6. The van der Waals surface area contributed by atoms with Crippen LogP contribution in [0.15, 0.2) is 333 Å². The van der Waals surface area contributed by atoms with Crippen LogP contribution >= 0.6 is 0 Å². The van der Waals surface area contributed by atoms with Gasteiger partial charge in [0.25, 0.3) is 6.71 Å². The Morgan fingerprint density at radius 2 is 0.764 bits per heavy atom. The molecular weight excluding hydrogens is 1280 g/mol. The van der Waals surface area contributed by atoms with Crippen molar-refractivity contribution in [1.82, 2.24) is 13.7 Å². The Balaban J connectivity index is 0.974. The lowest BCUT2D eigenvalue weighted by Crippen LogP contribution is -2.61. The summed E-state index contributed by atoms with van der Waals surface area (Å²) < 4.78 is 130. The zero-order valence-corrected chi connectivity index (χ0v) is 59.0. The van der Waals surface area contributed by atoms with Crippen molar-refractivity contribution in [1.29, 1.82) is 5.26 Å². The summed E-state index contributed by atoms with van der Waals surface area (Å²) in [6.07, 6.45) is 0. The van der Waals surface area contributed by atoms with E-state index >= 15 is 0 Å². The SMILES string of the molecule is [2H]c1c([2H])c([2H])c(-c2ccc3c(c2)N(c2ccc(C#N)c(-n4c5ccccc5c5ccc(-c6ccccc6)cc54)c2)c2cc(-n4c5c([2H])c([2H])c([2H])c([2H])c5c5c([2H])c([2H])c([2H])c([2H])c54)cc4c2B3c2ccc(-n3c5ccc(C(C)(C)C)cc5c5cc(C(C)(C)C)ccc53)cc2N4c2cc(-c3ccccc3)cc(-c3ccccc3)c2)c([2H])c1[2H]. The molecule has 7 heteroatoms. The van der Waals surface area contributed by atoms with E-state index < -0.39 is 85.3 Å². The number of aromatic nitrogens is 3. The van der Waals surface area contributed by atoms with Crippen LogP contribution in [-0.4, -0.2) is 20.4 Å². The lowest BCUT2D eigenvalue weighted by molar-refractivity contribution is 0.590. The Morgan fingerprint density at radius 3 is 1.37 bits per heavy atom. The van der Waals surface area contributed by atoms with Crippen LogP contribution in [-0.2, 0) is 10.8 Å². The zero-order chi connectivity index (χ0) is 82.6. The molecule has 0 radical (unpaired) electrons. The Morgan fingerprint density at radius 1 is 0.292 bits per heavy atom. The van der Waals surface area contributed by atoms with Crippen LogP contribution in [0, 0.1) is 11.3 Å². The normalized spacial score (nSPS) is 14.5. The molecule has 502 valence electrons. The van der Waals surface area contributed by atoms with E-state index in [-0.39, 0.29) is 43.9 Å². The smallest absolute Gasteiger partial charge is 0.252 e. The molecule has 5 heterocycles. The molecule has 2 aliphatic rings. The van der Waals surface area contributed by atoms with Crippen molar-refractivity contribution in [2.75, 3.05) is 9.80 Å². The Hall–Kier alpha value is -13.1. The Labute approximate surface area is 636 Å². The summed E-state index contributed by atoms with van der Waals surface area (Å²) in [7, 11) is 0. The second-order valence-corrected chi connectivity index (χ2v) is 29.9. The van der Waals surface area contributed by atoms with Gasteiger partial charge in [-0.15, -0.1) is 0 Å². The van der Waals surface area contributed by atoms with E-state index in [0.29, 0.717) is 45.3 Å². The van der Waals surface area contributed by atoms with E-state index in [4.69, 9.17) is 4.11 Å². The highest BCUT2D eigenvalue weighted by Crippen LogP contribution is 2.51. The van der Waals surface area contributed by atoms with Crippen LogP contribution in [0.5, 0.6) is 0 Å². The molecule has 0 spiro atoms. The molecule has 18 aromatic rings. The molecule has 6 nitrogen and oxygen atoms in total. The Kier molecular flexibility index (Phi) is 11.4. The van der Waals surface area contributed by atoms with Crippen molar-refractivity contribution in [3.63, 3.8) is 0 Å². The number of hydrogen-bond acceptors (Lipinski definition) is 3. The number of rotatable bonds is 9. The monoisotopic (exact) mass is 1370 g/mol. The van der Waals surface area contributed by atoms with E-state index in [0.717, 1.165) is 105 Å². The van der Waals surface area contributed by atoms with Crippen molar-refractivity contribution < 1.29 is 17.8 Å². The van der Waals surface area contributed by atoms with Gasteiger partial charge in [0.05, 0.1) is 67.9 Å². The molecule has 3 aromatic heterocycles. The maximum atomic E-state index is 11.7. The predicted molar refractivity (Wildman–Crippen MR) is 447 cm³/mol. The highest BCUT2D eigenvalue weighted by molar-refractivity contribution is 7.00. The van der Waals surface area contributed by atoms with Crippen LogP contribution in [0.1, 0.15) is 76.1 Å². The van der Waals surface area contributed by atoms with Crippen molar-refractivity contribution in [2.45, 2.75) is 52.4 Å². The maximum Gasteiger partial charge on any atom is 0.252 e. The van der Waals surface area contributed by atoms with E-state index in [1.807, 2.05) is 115 Å². The van der Waals surface area contributed by atoms with Crippen LogP contribution in [0.25, 0.3) is 127 Å². The molecule has 106 heavy (non-hydrogen) atoms. The van der Waals surface area contributed by atoms with Gasteiger partial charge >= 0.3 is 0 Å². The third-order valence-electron chi connectivity index (χ3n) is 21.6. The van der Waals surface area contributed by atoms with Gasteiger partial charge in [0.2, 0.25) is 0 Å². The molecule has 0 bridgehead atoms. The van der Waals surface area contributed by atoms with Gasteiger partial charge in [0, 0.05) is 72.1 Å². The van der Waals surface area contributed by atoms with Gasteiger partial charge in [-0.05, 0) is 198 Å². The summed E-state index contributed by atoms with van der Waals surface area (Å²) in [5.41, 5.74) is 18.7. The van der Waals surface area contributed by atoms with E-state index in [1.54, 1.807) is 10.6 Å². The number of nitrogens with zero attached hydrogens (tertiary/aromatic N) is 6. The quantitative estimate of drug-likeness (QED) is 0.135. The summed E-state index contributed by atoms with van der Waals surface area (Å²) >= 11 is 0. The van der Waals surface area contributed by atoms with Gasteiger partial charge in [-0.2, -0.15) is 5.26 Å². The predicted octanol–water partition coefficient (Wildman–Crippen LogP) is 24.2. The van der Waals surface area contributed by atoms with E-state index in [1.165, 1.54) is 11.1 Å². The summed E-state index contributed by atoms with van der Waals surface area (Å²) in [4.78, 5) is 4.32. The number of anilines is 6. The zero-order valence-electron chi connectivity index (χ0n) is 72.0. The largest absolute Gasteiger partial charge is 0.311 e. The molecule has 0 aliphatic carbocycles. The van der Waals surface area contributed by atoms with Gasteiger partial charge < -0.3 is 23.5 Å². The lowest BCUT2D eigenvalue weighted by atomic mass is 9.33. The van der Waals surface area contributed by atoms with Gasteiger partial charge in [-0.25, -0.2) is 0 Å². The molecule has 0 saturated heterocycles. The minimum absolute atomic E-state index is 0.0460. The summed E-state index contributed by atoms with van der Waals surface area (Å²) in [6.45, 7) is 12.6. The summed E-state index contributed by atoms with van der Waals surface area (Å²) in [5.74, 6) is 0. The lowest BCUT2D eigenvalue weighted by Gasteiger charge is -2.45. The number of hydrogen-bond donors (Lipinski definition) is 0. The average molecular weight is 1370 g/mol. The second-order valence-electron chi connectivity index (χ2n) is 29.9. The van der Waals surface area contributed by atoms with Gasteiger partial charge in [-0.1, -0.05) is 260 Å². The van der Waals surface area contributed by atoms with Gasteiger partial charge in [0.15, 0.2) is 0 Å². The number of nitriles is 1. The minimum atomic E-state index is -0.748. The topological polar surface area (TPSA) is 45.1 Å². The number of benzene rings is 15. The van der Waals surface area contributed by atoms with Crippen molar-refractivity contribution in [3.05, 3.63) is 350 Å². The maximum absolute atomic E-state index is 11.7. The fourth-order valence-electron chi connectivity index (χ4n) is 16.6. The number of para-hydroxylation sites is 3. The van der Waals surface area contributed by atoms with Crippen molar-refractivity contribution >= 4 is 123 Å². The van der Waals surface area contributed by atoms with Crippen LogP contribution in [0.4, 0.5) is 34.1 Å².